The molecule has 0 radical (unpaired) electrons. The number of hydrogen-bond donors (Lipinski definition) is 3. The molecule has 0 bridgehead atoms. The van der Waals surface area contributed by atoms with Crippen molar-refractivity contribution in [1.29, 1.82) is 0 Å². The number of carbonyl (C=O) groups excluding carboxylic acids is 1. The Morgan fingerprint density at radius 3 is 2.65 bits per heavy atom. The number of ether oxygens (including phenoxy) is 2. The molecule has 3 aromatic heterocycles. The standard InChI is InChI=1S/C34H38F3N7O4/c1-3-21-17-44(32(45)40-24-5-4-22(27(13-24)34(35,36)37)16-43-10-8-42(2)9-11-43)18-23-12-25(15-39-30(21)23)48-28-6-7-38-31-26(28)14-29(41-31)33(46)19-47-20-33/h4-7,12-15,21,46H,3,8-11,16-20H2,1-2H3,(H,38,41)(H,40,45)/t21-/m0/s1. The summed E-state index contributed by atoms with van der Waals surface area (Å²) >= 11 is 0. The summed E-state index contributed by atoms with van der Waals surface area (Å²) in [5.74, 6) is 0.912. The highest BCUT2D eigenvalue weighted by atomic mass is 19.4. The van der Waals surface area contributed by atoms with Gasteiger partial charge in [-0.1, -0.05) is 13.0 Å². The number of hydrogen-bond acceptors (Lipinski definition) is 8. The Bertz CT molecular complexity index is 1820. The summed E-state index contributed by atoms with van der Waals surface area (Å²) in [6, 6.07) is 8.92. The SMILES string of the molecule is CC[C@H]1CN(C(=O)Nc2ccc(CN3CCN(C)CC3)c(C(F)(F)F)c2)Cc2cc(Oc3ccnc4[nH]c(C5(O)COC5)cc34)cnc21. The van der Waals surface area contributed by atoms with Gasteiger partial charge in [0.05, 0.1) is 41.7 Å². The van der Waals surface area contributed by atoms with Gasteiger partial charge in [-0.2, -0.15) is 13.2 Å². The number of H-pyrrole nitrogens is 1. The number of aromatic nitrogens is 3. The average molecular weight is 666 g/mol. The lowest BCUT2D eigenvalue weighted by Gasteiger charge is -2.35. The molecule has 0 aliphatic carbocycles. The van der Waals surface area contributed by atoms with E-state index >= 15 is 0 Å². The van der Waals surface area contributed by atoms with Crippen LogP contribution in [0.25, 0.3) is 11.0 Å². The Labute approximate surface area is 275 Å². The predicted octanol–water partition coefficient (Wildman–Crippen LogP) is 5.28. The molecule has 0 saturated carbocycles. The quantitative estimate of drug-likeness (QED) is 0.244. The molecule has 7 rings (SSSR count). The molecular weight excluding hydrogens is 627 g/mol. The van der Waals surface area contributed by atoms with Crippen LogP contribution in [0.3, 0.4) is 0 Å². The molecule has 11 nitrogen and oxygen atoms in total. The van der Waals surface area contributed by atoms with Crippen molar-refractivity contribution < 1.29 is 32.5 Å². The van der Waals surface area contributed by atoms with Crippen LogP contribution in [0.1, 0.15) is 47.3 Å². The number of nitrogens with one attached hydrogen (secondary N) is 2. The number of halogens is 3. The predicted molar refractivity (Wildman–Crippen MR) is 172 cm³/mol. The van der Waals surface area contributed by atoms with Gasteiger partial charge in [0.1, 0.15) is 17.1 Å². The summed E-state index contributed by atoms with van der Waals surface area (Å²) in [6.45, 7) is 6.18. The van der Waals surface area contributed by atoms with E-state index in [0.29, 0.717) is 54.3 Å². The number of alkyl halides is 3. The number of urea groups is 1. The van der Waals surface area contributed by atoms with Crippen LogP contribution in [0.4, 0.5) is 23.7 Å². The van der Waals surface area contributed by atoms with Crippen LogP contribution in [-0.4, -0.2) is 93.8 Å². The highest BCUT2D eigenvalue weighted by Crippen LogP contribution is 2.38. The molecule has 0 spiro atoms. The number of nitrogens with zero attached hydrogens (tertiary/aromatic N) is 5. The number of aromatic amines is 1. The number of fused-ring (bicyclic) bond motifs is 2. The van der Waals surface area contributed by atoms with Crippen molar-refractivity contribution in [3.63, 3.8) is 0 Å². The third-order valence-electron chi connectivity index (χ3n) is 9.50. The van der Waals surface area contributed by atoms with Gasteiger partial charge >= 0.3 is 12.2 Å². The summed E-state index contributed by atoms with van der Waals surface area (Å²) in [7, 11) is 2.00. The maximum atomic E-state index is 14.2. The molecule has 6 heterocycles. The van der Waals surface area contributed by atoms with Gasteiger partial charge in [0.15, 0.2) is 5.60 Å². The maximum absolute atomic E-state index is 14.2. The normalized spacial score (nSPS) is 20.0. The molecule has 2 fully saturated rings. The van der Waals surface area contributed by atoms with E-state index in [9.17, 15) is 23.1 Å². The Balaban J connectivity index is 1.08. The van der Waals surface area contributed by atoms with Crippen LogP contribution in [0.5, 0.6) is 11.5 Å². The Morgan fingerprint density at radius 1 is 1.15 bits per heavy atom. The summed E-state index contributed by atoms with van der Waals surface area (Å²) in [4.78, 5) is 31.5. The number of pyridine rings is 2. The Kier molecular flexibility index (Phi) is 8.52. The fraction of sp³-hybridized carbons (Fsp3) is 0.441. The van der Waals surface area contributed by atoms with Crippen molar-refractivity contribution in [3.8, 4) is 11.5 Å². The van der Waals surface area contributed by atoms with Crippen LogP contribution in [0.2, 0.25) is 0 Å². The molecule has 4 aromatic rings. The molecule has 14 heteroatoms. The van der Waals surface area contributed by atoms with Gasteiger partial charge in [0, 0.05) is 63.6 Å². The third kappa shape index (κ3) is 6.44. The summed E-state index contributed by atoms with van der Waals surface area (Å²) in [6.07, 6.45) is -0.595. The zero-order valence-corrected chi connectivity index (χ0v) is 26.8. The number of amides is 2. The van der Waals surface area contributed by atoms with Gasteiger partial charge in [-0.05, 0) is 54.9 Å². The average Bonchev–Trinajstić information content (AvgIpc) is 3.50. The zero-order chi connectivity index (χ0) is 33.6. The first-order valence-corrected chi connectivity index (χ1v) is 16.1. The van der Waals surface area contributed by atoms with Gasteiger partial charge in [-0.25, -0.2) is 9.78 Å². The number of piperazine rings is 1. The second-order valence-corrected chi connectivity index (χ2v) is 13.0. The topological polar surface area (TPSA) is 119 Å². The van der Waals surface area contributed by atoms with E-state index in [1.165, 1.54) is 6.07 Å². The fourth-order valence-electron chi connectivity index (χ4n) is 6.57. The lowest BCUT2D eigenvalue weighted by Crippen LogP contribution is -2.46. The summed E-state index contributed by atoms with van der Waals surface area (Å²) in [5.41, 5.74) is 1.25. The molecule has 48 heavy (non-hydrogen) atoms. The van der Waals surface area contributed by atoms with Gasteiger partial charge in [0.2, 0.25) is 0 Å². The van der Waals surface area contributed by atoms with E-state index in [-0.39, 0.29) is 43.5 Å². The largest absolute Gasteiger partial charge is 0.455 e. The Morgan fingerprint density at radius 2 is 1.94 bits per heavy atom. The highest BCUT2D eigenvalue weighted by molar-refractivity contribution is 5.90. The number of rotatable bonds is 7. The molecule has 1 atom stereocenters. The third-order valence-corrected chi connectivity index (χ3v) is 9.50. The van der Waals surface area contributed by atoms with Crippen LogP contribution in [0, 0.1) is 0 Å². The van der Waals surface area contributed by atoms with Crippen molar-refractivity contribution >= 4 is 22.8 Å². The van der Waals surface area contributed by atoms with Crippen molar-refractivity contribution in [1.82, 2.24) is 29.7 Å². The monoisotopic (exact) mass is 665 g/mol. The molecular formula is C34H38F3N7O4. The molecule has 0 unspecified atom stereocenters. The second-order valence-electron chi connectivity index (χ2n) is 13.0. The minimum absolute atomic E-state index is 0.0597. The molecule has 254 valence electrons. The number of benzene rings is 1. The van der Waals surface area contributed by atoms with E-state index in [1.54, 1.807) is 35.5 Å². The van der Waals surface area contributed by atoms with Gasteiger partial charge in [-0.3, -0.25) is 9.88 Å². The lowest BCUT2D eigenvalue weighted by atomic mass is 9.92. The number of aliphatic hydroxyl groups is 1. The van der Waals surface area contributed by atoms with Crippen molar-refractivity contribution in [2.24, 2.45) is 0 Å². The minimum atomic E-state index is -4.56. The highest BCUT2D eigenvalue weighted by Gasteiger charge is 2.40. The molecule has 3 aliphatic rings. The van der Waals surface area contributed by atoms with Gasteiger partial charge in [0.25, 0.3) is 0 Å². The smallest absolute Gasteiger partial charge is 0.416 e. The Hall–Kier alpha value is -4.24. The van der Waals surface area contributed by atoms with Gasteiger partial charge < -0.3 is 34.7 Å². The van der Waals surface area contributed by atoms with E-state index in [2.05, 4.69) is 20.2 Å². The number of anilines is 1. The maximum Gasteiger partial charge on any atom is 0.416 e. The number of likely N-dealkylation sites (N-methyl/N-ethyl adjacent to an activating group) is 1. The van der Waals surface area contributed by atoms with E-state index in [4.69, 9.17) is 14.5 Å². The molecule has 3 aliphatic heterocycles. The zero-order valence-electron chi connectivity index (χ0n) is 26.8. The fourth-order valence-corrected chi connectivity index (χ4v) is 6.57. The lowest BCUT2D eigenvalue weighted by molar-refractivity contribution is -0.186. The van der Waals surface area contributed by atoms with Gasteiger partial charge in [-0.15, -0.1) is 0 Å². The molecule has 3 N–H and O–H groups in total. The summed E-state index contributed by atoms with van der Waals surface area (Å²) < 4.78 is 53.9. The molecule has 1 aromatic carbocycles. The van der Waals surface area contributed by atoms with Crippen LogP contribution >= 0.6 is 0 Å². The first-order valence-electron chi connectivity index (χ1n) is 16.1. The van der Waals surface area contributed by atoms with Crippen molar-refractivity contribution in [3.05, 3.63) is 76.9 Å². The molecule has 2 saturated heterocycles. The van der Waals surface area contributed by atoms with E-state index < -0.39 is 23.4 Å². The van der Waals surface area contributed by atoms with E-state index in [1.807, 2.05) is 24.9 Å². The van der Waals surface area contributed by atoms with Crippen LogP contribution < -0.4 is 10.1 Å². The summed E-state index contributed by atoms with van der Waals surface area (Å²) in [5, 5.41) is 14.1. The minimum Gasteiger partial charge on any atom is -0.455 e. The van der Waals surface area contributed by atoms with Crippen molar-refractivity contribution in [2.45, 2.75) is 44.1 Å². The number of carbonyl (C=O) groups is 1. The van der Waals surface area contributed by atoms with Crippen molar-refractivity contribution in [2.75, 3.05) is 58.3 Å². The first-order chi connectivity index (χ1) is 23.0. The molecule has 2 amide bonds. The first kappa shape index (κ1) is 32.3. The van der Waals surface area contributed by atoms with E-state index in [0.717, 1.165) is 30.4 Å². The second kappa shape index (κ2) is 12.7. The van der Waals surface area contributed by atoms with Crippen LogP contribution in [-0.2, 0) is 29.6 Å². The van der Waals surface area contributed by atoms with Crippen LogP contribution in [0.15, 0.2) is 48.8 Å².